The number of aromatic amines is 1. The number of carbonyl (C=O) groups excluding carboxylic acids is 1. The number of morpholine rings is 1. The number of piperidine rings is 1. The third-order valence-electron chi connectivity index (χ3n) is 6.66. The van der Waals surface area contributed by atoms with Crippen molar-refractivity contribution < 1.29 is 9.53 Å². The number of rotatable bonds is 5. The lowest BCUT2D eigenvalue weighted by Crippen LogP contribution is -2.48. The van der Waals surface area contributed by atoms with E-state index in [9.17, 15) is 4.79 Å². The number of halogens is 1. The van der Waals surface area contributed by atoms with Crippen LogP contribution in [0.15, 0.2) is 18.3 Å². The molecule has 1 aromatic heterocycles. The summed E-state index contributed by atoms with van der Waals surface area (Å²) in [6, 6.07) is 4.01. The monoisotopic (exact) mass is 418 g/mol. The van der Waals surface area contributed by atoms with Crippen LogP contribution in [0.3, 0.4) is 0 Å². The van der Waals surface area contributed by atoms with Gasteiger partial charge in [-0.1, -0.05) is 25.4 Å². The van der Waals surface area contributed by atoms with Gasteiger partial charge in [-0.15, -0.1) is 0 Å². The van der Waals surface area contributed by atoms with Crippen molar-refractivity contribution in [3.05, 3.63) is 28.9 Å². The highest BCUT2D eigenvalue weighted by molar-refractivity contribution is 6.31. The fraction of sp³-hybridized carbons (Fsp3) is 0.636. The van der Waals surface area contributed by atoms with Crippen LogP contribution in [0.5, 0.6) is 0 Å². The first kappa shape index (κ1) is 20.6. The van der Waals surface area contributed by atoms with E-state index in [4.69, 9.17) is 16.3 Å². The quantitative estimate of drug-likeness (QED) is 0.808. The van der Waals surface area contributed by atoms with Crippen LogP contribution in [0.2, 0.25) is 5.02 Å². The maximum atomic E-state index is 12.7. The second kappa shape index (κ2) is 8.62. The van der Waals surface area contributed by atoms with E-state index < -0.39 is 0 Å². The molecule has 4 rings (SSSR count). The molecule has 1 N–H and O–H groups in total. The van der Waals surface area contributed by atoms with Crippen molar-refractivity contribution in [3.8, 4) is 0 Å². The highest BCUT2D eigenvalue weighted by Crippen LogP contribution is 2.39. The number of H-pyrrole nitrogens is 1. The zero-order valence-electron chi connectivity index (χ0n) is 17.4. The van der Waals surface area contributed by atoms with E-state index in [2.05, 4.69) is 39.9 Å². The number of nitrogens with one attached hydrogen (secondary N) is 1. The first-order valence-electron chi connectivity index (χ1n) is 10.6. The zero-order valence-corrected chi connectivity index (χ0v) is 18.2. The number of ether oxygens (including phenoxy) is 1. The summed E-state index contributed by atoms with van der Waals surface area (Å²) >= 11 is 6.33. The average Bonchev–Trinajstić information content (AvgIpc) is 3.17. The summed E-state index contributed by atoms with van der Waals surface area (Å²) in [6.07, 6.45) is 4.87. The molecule has 0 aliphatic carbocycles. The number of amides is 1. The highest BCUT2D eigenvalue weighted by atomic mass is 35.5. The molecule has 158 valence electrons. The molecule has 29 heavy (non-hydrogen) atoms. The zero-order chi connectivity index (χ0) is 20.4. The molecule has 2 aliphatic rings. The van der Waals surface area contributed by atoms with Crippen molar-refractivity contribution >= 4 is 28.4 Å². The second-order valence-corrected chi connectivity index (χ2v) is 9.54. The smallest absolute Gasteiger partial charge is 0.236 e. The van der Waals surface area contributed by atoms with Crippen molar-refractivity contribution in [3.63, 3.8) is 0 Å². The van der Waals surface area contributed by atoms with E-state index in [0.717, 1.165) is 74.6 Å². The Hall–Kier alpha value is -1.63. The molecule has 2 fully saturated rings. The minimum Gasteiger partial charge on any atom is -0.379 e. The Morgan fingerprint density at radius 3 is 2.69 bits per heavy atom. The molecule has 2 saturated heterocycles. The van der Waals surface area contributed by atoms with Crippen molar-refractivity contribution in [1.82, 2.24) is 20.0 Å². The Morgan fingerprint density at radius 1 is 1.24 bits per heavy atom. The summed E-state index contributed by atoms with van der Waals surface area (Å²) in [5.41, 5.74) is 2.43. The molecule has 0 radical (unpaired) electrons. The largest absolute Gasteiger partial charge is 0.379 e. The summed E-state index contributed by atoms with van der Waals surface area (Å²) < 4.78 is 5.38. The lowest BCUT2D eigenvalue weighted by molar-refractivity contribution is -0.135. The van der Waals surface area contributed by atoms with Gasteiger partial charge < -0.3 is 9.64 Å². The molecule has 2 aliphatic heterocycles. The first-order chi connectivity index (χ1) is 13.9. The van der Waals surface area contributed by atoms with Gasteiger partial charge in [-0.2, -0.15) is 5.10 Å². The van der Waals surface area contributed by atoms with Crippen molar-refractivity contribution in [1.29, 1.82) is 0 Å². The molecular formula is C22H31ClN4O2. The molecule has 0 saturated carbocycles. The third-order valence-corrected chi connectivity index (χ3v) is 6.87. The molecule has 0 atom stereocenters. The average molecular weight is 419 g/mol. The molecule has 1 aromatic carbocycles. The molecule has 6 nitrogen and oxygen atoms in total. The second-order valence-electron chi connectivity index (χ2n) is 9.11. The number of hydrogen-bond acceptors (Lipinski definition) is 4. The van der Waals surface area contributed by atoms with E-state index in [1.54, 1.807) is 0 Å². The Kier molecular flexibility index (Phi) is 6.13. The molecule has 2 aromatic rings. The van der Waals surface area contributed by atoms with E-state index in [-0.39, 0.29) is 11.3 Å². The minimum absolute atomic E-state index is 0.127. The standard InChI is InChI=1S/C22H31ClN4O2/c1-22(2,13-16-11-19(23)12-17-14-24-25-21(16)17)18-3-5-27(6-4-18)20(28)15-26-7-9-29-10-8-26/h11-12,14,18H,3-10,13,15H2,1-2H3,(H,24,25). The van der Waals surface area contributed by atoms with E-state index in [1.165, 1.54) is 5.56 Å². The third kappa shape index (κ3) is 4.76. The molecule has 0 spiro atoms. The predicted octanol–water partition coefficient (Wildman–Crippen LogP) is 3.36. The topological polar surface area (TPSA) is 61.5 Å². The van der Waals surface area contributed by atoms with Gasteiger partial charge in [0, 0.05) is 36.6 Å². The summed E-state index contributed by atoms with van der Waals surface area (Å²) in [5, 5.41) is 9.13. The minimum atomic E-state index is 0.127. The van der Waals surface area contributed by atoms with E-state index in [1.807, 2.05) is 12.3 Å². The number of nitrogens with zero attached hydrogens (tertiary/aromatic N) is 3. The summed E-state index contributed by atoms with van der Waals surface area (Å²) in [6.45, 7) is 10.1. The van der Waals surface area contributed by atoms with Crippen molar-refractivity contribution in [2.75, 3.05) is 45.9 Å². The van der Waals surface area contributed by atoms with Gasteiger partial charge >= 0.3 is 0 Å². The Balaban J connectivity index is 1.35. The van der Waals surface area contributed by atoms with Gasteiger partial charge in [-0.25, -0.2) is 0 Å². The van der Waals surface area contributed by atoms with Crippen LogP contribution in [-0.2, 0) is 16.0 Å². The molecule has 3 heterocycles. The lowest BCUT2D eigenvalue weighted by Gasteiger charge is -2.41. The Labute approximate surface area is 177 Å². The summed E-state index contributed by atoms with van der Waals surface area (Å²) in [4.78, 5) is 16.9. The van der Waals surface area contributed by atoms with E-state index >= 15 is 0 Å². The van der Waals surface area contributed by atoms with Crippen LogP contribution in [0.4, 0.5) is 0 Å². The van der Waals surface area contributed by atoms with Gasteiger partial charge in [0.1, 0.15) is 0 Å². The van der Waals surface area contributed by atoms with Crippen LogP contribution in [-0.4, -0.2) is 71.8 Å². The van der Waals surface area contributed by atoms with Gasteiger partial charge in [0.15, 0.2) is 0 Å². The molecular weight excluding hydrogens is 388 g/mol. The predicted molar refractivity (Wildman–Crippen MR) is 115 cm³/mol. The van der Waals surface area contributed by atoms with Crippen LogP contribution < -0.4 is 0 Å². The number of carbonyl (C=O) groups is 1. The number of aromatic nitrogens is 2. The summed E-state index contributed by atoms with van der Waals surface area (Å²) in [7, 11) is 0. The normalized spacial score (nSPS) is 19.8. The number of hydrogen-bond donors (Lipinski definition) is 1. The highest BCUT2D eigenvalue weighted by Gasteiger charge is 2.34. The first-order valence-corrected chi connectivity index (χ1v) is 11.0. The van der Waals surface area contributed by atoms with Crippen molar-refractivity contribution in [2.24, 2.45) is 11.3 Å². The molecule has 0 bridgehead atoms. The number of likely N-dealkylation sites (tertiary alicyclic amines) is 1. The number of fused-ring (bicyclic) bond motifs is 1. The Bertz CT molecular complexity index is 852. The van der Waals surface area contributed by atoms with E-state index in [0.29, 0.717) is 12.5 Å². The Morgan fingerprint density at radius 2 is 1.97 bits per heavy atom. The summed E-state index contributed by atoms with van der Waals surface area (Å²) in [5.74, 6) is 0.837. The maximum Gasteiger partial charge on any atom is 0.236 e. The molecule has 1 amide bonds. The van der Waals surface area contributed by atoms with Crippen LogP contribution in [0.25, 0.3) is 10.9 Å². The van der Waals surface area contributed by atoms with Crippen LogP contribution in [0, 0.1) is 11.3 Å². The van der Waals surface area contributed by atoms with Gasteiger partial charge in [0.25, 0.3) is 0 Å². The van der Waals surface area contributed by atoms with Crippen molar-refractivity contribution in [2.45, 2.75) is 33.1 Å². The van der Waals surface area contributed by atoms with Crippen LogP contribution >= 0.6 is 11.6 Å². The fourth-order valence-electron chi connectivity index (χ4n) is 4.83. The maximum absolute atomic E-state index is 12.7. The SMILES string of the molecule is CC(C)(Cc1cc(Cl)cc2cn[nH]c12)C1CCN(C(=O)CN2CCOCC2)CC1. The molecule has 0 unspecified atom stereocenters. The fourth-order valence-corrected chi connectivity index (χ4v) is 5.08. The number of benzene rings is 1. The van der Waals surface area contributed by atoms with Gasteiger partial charge in [0.05, 0.1) is 31.5 Å². The van der Waals surface area contributed by atoms with Gasteiger partial charge in [0.2, 0.25) is 5.91 Å². The van der Waals surface area contributed by atoms with Gasteiger partial charge in [-0.05, 0) is 48.3 Å². The van der Waals surface area contributed by atoms with Crippen LogP contribution in [0.1, 0.15) is 32.3 Å². The molecule has 7 heteroatoms. The lowest BCUT2D eigenvalue weighted by atomic mass is 9.70. The van der Waals surface area contributed by atoms with Gasteiger partial charge in [-0.3, -0.25) is 14.8 Å².